The summed E-state index contributed by atoms with van der Waals surface area (Å²) in [7, 11) is 0. The van der Waals surface area contributed by atoms with E-state index in [1.807, 2.05) is 48.5 Å². The molecule has 0 unspecified atom stereocenters. The number of halogens is 1. The Hall–Kier alpha value is -2.84. The van der Waals surface area contributed by atoms with E-state index >= 15 is 0 Å². The highest BCUT2D eigenvalue weighted by Gasteiger charge is 2.23. The van der Waals surface area contributed by atoms with Crippen LogP contribution in [0.25, 0.3) is 10.2 Å². The fourth-order valence-electron chi connectivity index (χ4n) is 3.14. The summed E-state index contributed by atoms with van der Waals surface area (Å²) in [5.41, 5.74) is 1.71. The molecule has 0 bridgehead atoms. The van der Waals surface area contributed by atoms with Crippen molar-refractivity contribution in [3.8, 4) is 11.5 Å². The number of rotatable bonds is 5. The topological polar surface area (TPSA) is 64.8 Å². The molecule has 4 aromatic rings. The number of furan rings is 1. The lowest BCUT2D eigenvalue weighted by Gasteiger charge is -2.19. The first-order valence-corrected chi connectivity index (χ1v) is 10.5. The zero-order valence-corrected chi connectivity index (χ0v) is 17.5. The Morgan fingerprint density at radius 3 is 2.90 bits per heavy atom. The second-order valence-electron chi connectivity index (χ2n) is 6.53. The molecular formula is C21H15BrN2O4S. The first kappa shape index (κ1) is 18.2. The van der Waals surface area contributed by atoms with Gasteiger partial charge in [-0.05, 0) is 48.0 Å². The van der Waals surface area contributed by atoms with Crippen molar-refractivity contribution in [2.75, 3.05) is 11.7 Å². The Kier molecular flexibility index (Phi) is 4.73. The summed E-state index contributed by atoms with van der Waals surface area (Å²) in [6, 6.07) is 15.1. The number of hydrogen-bond acceptors (Lipinski definition) is 6. The molecular weight excluding hydrogens is 456 g/mol. The summed E-state index contributed by atoms with van der Waals surface area (Å²) in [6.07, 6.45) is 1.82. The molecule has 29 heavy (non-hydrogen) atoms. The lowest BCUT2D eigenvalue weighted by atomic mass is 10.1. The fourth-order valence-corrected chi connectivity index (χ4v) is 4.68. The van der Waals surface area contributed by atoms with Gasteiger partial charge < -0.3 is 13.9 Å². The number of benzene rings is 2. The summed E-state index contributed by atoms with van der Waals surface area (Å²) in [6.45, 7) is 0.524. The molecule has 5 rings (SSSR count). The van der Waals surface area contributed by atoms with E-state index in [2.05, 4.69) is 20.9 Å². The molecule has 3 heterocycles. The molecule has 0 radical (unpaired) electrons. The van der Waals surface area contributed by atoms with E-state index in [1.54, 1.807) is 11.2 Å². The predicted octanol–water partition coefficient (Wildman–Crippen LogP) is 5.16. The van der Waals surface area contributed by atoms with Crippen LogP contribution in [0.15, 0.2) is 63.7 Å². The SMILES string of the molecule is O=C(Cc1ccc2c(c1)OCO2)N(Cc1ccco1)c1nc2ccc(Br)cc2s1. The molecule has 2 aromatic heterocycles. The van der Waals surface area contributed by atoms with E-state index in [0.717, 1.165) is 20.3 Å². The minimum Gasteiger partial charge on any atom is -0.467 e. The van der Waals surface area contributed by atoms with Gasteiger partial charge >= 0.3 is 0 Å². The zero-order valence-electron chi connectivity index (χ0n) is 15.1. The monoisotopic (exact) mass is 470 g/mol. The van der Waals surface area contributed by atoms with Crippen molar-refractivity contribution in [2.45, 2.75) is 13.0 Å². The first-order chi connectivity index (χ1) is 14.2. The van der Waals surface area contributed by atoms with E-state index in [-0.39, 0.29) is 19.1 Å². The molecule has 6 nitrogen and oxygen atoms in total. The van der Waals surface area contributed by atoms with Crippen LogP contribution in [0.1, 0.15) is 11.3 Å². The van der Waals surface area contributed by atoms with Crippen molar-refractivity contribution in [1.29, 1.82) is 0 Å². The first-order valence-electron chi connectivity index (χ1n) is 8.93. The van der Waals surface area contributed by atoms with E-state index in [1.165, 1.54) is 11.3 Å². The molecule has 0 saturated carbocycles. The molecule has 1 aliphatic rings. The van der Waals surface area contributed by atoms with Gasteiger partial charge in [0.2, 0.25) is 12.7 Å². The van der Waals surface area contributed by atoms with Gasteiger partial charge in [-0.15, -0.1) is 0 Å². The number of carbonyl (C=O) groups is 1. The standard InChI is InChI=1S/C21H15BrN2O4S/c22-14-4-5-16-19(10-14)29-21(23-16)24(11-15-2-1-7-26-15)20(25)9-13-3-6-17-18(8-13)28-12-27-17/h1-8,10H,9,11-12H2. The summed E-state index contributed by atoms with van der Waals surface area (Å²) < 4.78 is 18.2. The van der Waals surface area contributed by atoms with Gasteiger partial charge in [0.25, 0.3) is 0 Å². The van der Waals surface area contributed by atoms with Gasteiger partial charge in [0, 0.05) is 4.47 Å². The van der Waals surface area contributed by atoms with Crippen LogP contribution in [-0.2, 0) is 17.8 Å². The number of anilines is 1. The molecule has 2 aromatic carbocycles. The van der Waals surface area contributed by atoms with E-state index in [4.69, 9.17) is 13.9 Å². The van der Waals surface area contributed by atoms with Crippen LogP contribution in [0.4, 0.5) is 5.13 Å². The number of hydrogen-bond donors (Lipinski definition) is 0. The molecule has 8 heteroatoms. The number of carbonyl (C=O) groups excluding carboxylic acids is 1. The van der Waals surface area contributed by atoms with Crippen LogP contribution in [0.5, 0.6) is 11.5 Å². The number of amides is 1. The zero-order chi connectivity index (χ0) is 19.8. The van der Waals surface area contributed by atoms with Gasteiger partial charge in [-0.3, -0.25) is 9.69 Å². The lowest BCUT2D eigenvalue weighted by Crippen LogP contribution is -2.31. The Morgan fingerprint density at radius 1 is 1.14 bits per heavy atom. The average molecular weight is 471 g/mol. The quantitative estimate of drug-likeness (QED) is 0.403. The summed E-state index contributed by atoms with van der Waals surface area (Å²) in [4.78, 5) is 19.6. The maximum Gasteiger partial charge on any atom is 0.233 e. The maximum atomic E-state index is 13.3. The Morgan fingerprint density at radius 2 is 2.03 bits per heavy atom. The van der Waals surface area contributed by atoms with Crippen LogP contribution in [-0.4, -0.2) is 17.7 Å². The highest BCUT2D eigenvalue weighted by atomic mass is 79.9. The van der Waals surface area contributed by atoms with Crippen molar-refractivity contribution in [3.05, 3.63) is 70.6 Å². The molecule has 0 aliphatic carbocycles. The molecule has 0 saturated heterocycles. The molecule has 1 amide bonds. The van der Waals surface area contributed by atoms with Gasteiger partial charge in [-0.2, -0.15) is 0 Å². The number of nitrogens with zero attached hydrogens (tertiary/aromatic N) is 2. The third-order valence-corrected chi connectivity index (χ3v) is 6.09. The van der Waals surface area contributed by atoms with Crippen molar-refractivity contribution in [3.63, 3.8) is 0 Å². The Bertz CT molecular complexity index is 1190. The van der Waals surface area contributed by atoms with Crippen molar-refractivity contribution in [2.24, 2.45) is 0 Å². The van der Waals surface area contributed by atoms with Crippen molar-refractivity contribution >= 4 is 48.5 Å². The van der Waals surface area contributed by atoms with Crippen LogP contribution in [0.3, 0.4) is 0 Å². The van der Waals surface area contributed by atoms with Crippen LogP contribution < -0.4 is 14.4 Å². The molecule has 0 fully saturated rings. The number of aromatic nitrogens is 1. The third-order valence-electron chi connectivity index (χ3n) is 4.56. The lowest BCUT2D eigenvalue weighted by molar-refractivity contribution is -0.118. The Balaban J connectivity index is 1.46. The Labute approximate surface area is 178 Å². The second-order valence-corrected chi connectivity index (χ2v) is 8.46. The third kappa shape index (κ3) is 3.73. The maximum absolute atomic E-state index is 13.3. The van der Waals surface area contributed by atoms with E-state index in [0.29, 0.717) is 28.9 Å². The minimum atomic E-state index is -0.0709. The second kappa shape index (κ2) is 7.53. The van der Waals surface area contributed by atoms with E-state index < -0.39 is 0 Å². The van der Waals surface area contributed by atoms with Gasteiger partial charge in [-0.1, -0.05) is 33.3 Å². The number of ether oxygens (including phenoxy) is 2. The number of thiazole rings is 1. The predicted molar refractivity (Wildman–Crippen MR) is 113 cm³/mol. The normalized spacial score (nSPS) is 12.4. The molecule has 0 N–H and O–H groups in total. The summed E-state index contributed by atoms with van der Waals surface area (Å²) in [5, 5.41) is 0.639. The average Bonchev–Trinajstić information content (AvgIpc) is 3.45. The molecule has 1 aliphatic heterocycles. The largest absolute Gasteiger partial charge is 0.467 e. The van der Waals surface area contributed by atoms with Gasteiger partial charge in [0.15, 0.2) is 16.6 Å². The summed E-state index contributed by atoms with van der Waals surface area (Å²) in [5.74, 6) is 1.99. The van der Waals surface area contributed by atoms with Crippen LogP contribution in [0.2, 0.25) is 0 Å². The van der Waals surface area contributed by atoms with Crippen LogP contribution >= 0.6 is 27.3 Å². The van der Waals surface area contributed by atoms with E-state index in [9.17, 15) is 4.79 Å². The minimum absolute atomic E-state index is 0.0709. The highest BCUT2D eigenvalue weighted by Crippen LogP contribution is 2.34. The van der Waals surface area contributed by atoms with Gasteiger partial charge in [-0.25, -0.2) is 4.98 Å². The number of fused-ring (bicyclic) bond motifs is 2. The van der Waals surface area contributed by atoms with Gasteiger partial charge in [0.05, 0.1) is 29.4 Å². The summed E-state index contributed by atoms with van der Waals surface area (Å²) >= 11 is 4.96. The van der Waals surface area contributed by atoms with Crippen molar-refractivity contribution in [1.82, 2.24) is 4.98 Å². The molecule has 146 valence electrons. The smallest absolute Gasteiger partial charge is 0.233 e. The fraction of sp³-hybridized carbons (Fsp3) is 0.143. The van der Waals surface area contributed by atoms with Gasteiger partial charge in [0.1, 0.15) is 5.76 Å². The molecule has 0 atom stereocenters. The molecule has 0 spiro atoms. The highest BCUT2D eigenvalue weighted by molar-refractivity contribution is 9.10. The van der Waals surface area contributed by atoms with Crippen LogP contribution in [0, 0.1) is 0 Å². The van der Waals surface area contributed by atoms with Crippen molar-refractivity contribution < 1.29 is 18.7 Å².